The lowest BCUT2D eigenvalue weighted by atomic mass is 10.3. The van der Waals surface area contributed by atoms with E-state index >= 15 is 0 Å². The molecule has 0 saturated heterocycles. The summed E-state index contributed by atoms with van der Waals surface area (Å²) in [6, 6.07) is 4.41. The molecule has 0 atom stereocenters. The first-order valence-electron chi connectivity index (χ1n) is 6.31. The number of rotatable bonds is 7. The van der Waals surface area contributed by atoms with Crippen molar-refractivity contribution in [3.8, 4) is 0 Å². The van der Waals surface area contributed by atoms with Crippen LogP contribution in [0.1, 0.15) is 35.9 Å². The first kappa shape index (κ1) is 12.1. The number of hydrogen-bond donors (Lipinski definition) is 1. The van der Waals surface area contributed by atoms with Crippen molar-refractivity contribution >= 4 is 11.3 Å². The van der Waals surface area contributed by atoms with Crippen LogP contribution in [0.5, 0.6) is 0 Å². The molecule has 0 aliphatic heterocycles. The summed E-state index contributed by atoms with van der Waals surface area (Å²) in [5.41, 5.74) is 5.64. The smallest absolute Gasteiger partial charge is 0.0328 e. The van der Waals surface area contributed by atoms with Crippen molar-refractivity contribution in [1.29, 1.82) is 0 Å². The summed E-state index contributed by atoms with van der Waals surface area (Å²) in [5, 5.41) is 0. The Bertz CT molecular complexity index is 317. The fourth-order valence-electron chi connectivity index (χ4n) is 2.05. The van der Waals surface area contributed by atoms with Crippen molar-refractivity contribution < 1.29 is 0 Å². The van der Waals surface area contributed by atoms with Crippen molar-refractivity contribution in [2.75, 3.05) is 13.1 Å². The van der Waals surface area contributed by atoms with Gasteiger partial charge in [0.2, 0.25) is 0 Å². The highest BCUT2D eigenvalue weighted by molar-refractivity contribution is 7.11. The Hall–Kier alpha value is -0.380. The number of nitrogens with two attached hydrogens (primary N) is 1. The second-order valence-electron chi connectivity index (χ2n) is 4.75. The molecule has 0 bridgehead atoms. The van der Waals surface area contributed by atoms with E-state index in [-0.39, 0.29) is 0 Å². The van der Waals surface area contributed by atoms with Gasteiger partial charge in [-0.05, 0) is 43.9 Å². The third-order valence-corrected chi connectivity index (χ3v) is 4.14. The largest absolute Gasteiger partial charge is 0.326 e. The monoisotopic (exact) mass is 238 g/mol. The molecule has 0 unspecified atom stereocenters. The zero-order valence-electron chi connectivity index (χ0n) is 10.1. The van der Waals surface area contributed by atoms with Gasteiger partial charge in [0.25, 0.3) is 0 Å². The molecular weight excluding hydrogens is 216 g/mol. The average Bonchev–Trinajstić information content (AvgIpc) is 2.96. The molecule has 1 aromatic heterocycles. The third-order valence-electron chi connectivity index (χ3n) is 3.05. The minimum atomic E-state index is 0.682. The maximum Gasteiger partial charge on any atom is 0.0328 e. The summed E-state index contributed by atoms with van der Waals surface area (Å²) < 4.78 is 0. The number of hydrogen-bond acceptors (Lipinski definition) is 3. The van der Waals surface area contributed by atoms with E-state index in [0.29, 0.717) is 6.54 Å². The Balaban J connectivity index is 1.87. The fraction of sp³-hybridized carbons (Fsp3) is 0.692. The third kappa shape index (κ3) is 3.58. The molecule has 2 nitrogen and oxygen atoms in total. The normalized spacial score (nSPS) is 15.9. The molecule has 1 fully saturated rings. The average molecular weight is 238 g/mol. The van der Waals surface area contributed by atoms with Crippen molar-refractivity contribution in [3.05, 3.63) is 21.9 Å². The van der Waals surface area contributed by atoms with E-state index in [9.17, 15) is 0 Å². The van der Waals surface area contributed by atoms with Gasteiger partial charge in [-0.3, -0.25) is 4.90 Å². The maximum absolute atomic E-state index is 5.64. The molecule has 1 saturated carbocycles. The second-order valence-corrected chi connectivity index (χ2v) is 6.00. The van der Waals surface area contributed by atoms with Crippen LogP contribution in [0, 0.1) is 5.92 Å². The van der Waals surface area contributed by atoms with E-state index < -0.39 is 0 Å². The first-order chi connectivity index (χ1) is 7.81. The highest BCUT2D eigenvalue weighted by Gasteiger charge is 2.24. The summed E-state index contributed by atoms with van der Waals surface area (Å²) in [5.74, 6) is 0.987. The molecule has 2 N–H and O–H groups in total. The van der Waals surface area contributed by atoms with Gasteiger partial charge in [0.05, 0.1) is 0 Å². The molecule has 2 rings (SSSR count). The van der Waals surface area contributed by atoms with Crippen molar-refractivity contribution in [3.63, 3.8) is 0 Å². The van der Waals surface area contributed by atoms with Gasteiger partial charge >= 0.3 is 0 Å². The van der Waals surface area contributed by atoms with Crippen LogP contribution in [0.4, 0.5) is 0 Å². The molecule has 16 heavy (non-hydrogen) atoms. The van der Waals surface area contributed by atoms with Gasteiger partial charge in [0.1, 0.15) is 0 Å². The molecule has 1 aliphatic rings. The van der Waals surface area contributed by atoms with Gasteiger partial charge in [-0.1, -0.05) is 6.92 Å². The van der Waals surface area contributed by atoms with E-state index in [1.54, 1.807) is 0 Å². The minimum Gasteiger partial charge on any atom is -0.326 e. The van der Waals surface area contributed by atoms with E-state index in [1.165, 1.54) is 42.1 Å². The summed E-state index contributed by atoms with van der Waals surface area (Å²) in [4.78, 5) is 5.37. The molecule has 3 heteroatoms. The molecule has 0 amide bonds. The van der Waals surface area contributed by atoms with Gasteiger partial charge in [-0.2, -0.15) is 0 Å². The lowest BCUT2D eigenvalue weighted by Gasteiger charge is -2.20. The molecular formula is C13H22N2S. The Morgan fingerprint density at radius 3 is 2.69 bits per heavy atom. The van der Waals surface area contributed by atoms with Crippen LogP contribution >= 0.6 is 11.3 Å². The predicted octanol–water partition coefficient (Wildman–Crippen LogP) is 2.83. The lowest BCUT2D eigenvalue weighted by molar-refractivity contribution is 0.257. The van der Waals surface area contributed by atoms with Crippen LogP contribution in [-0.4, -0.2) is 18.0 Å². The lowest BCUT2D eigenvalue weighted by Crippen LogP contribution is -2.25. The van der Waals surface area contributed by atoms with E-state index in [1.807, 2.05) is 11.3 Å². The zero-order chi connectivity index (χ0) is 11.4. The van der Waals surface area contributed by atoms with Crippen LogP contribution in [0.15, 0.2) is 12.1 Å². The van der Waals surface area contributed by atoms with Crippen molar-refractivity contribution in [2.24, 2.45) is 11.7 Å². The Morgan fingerprint density at radius 2 is 2.12 bits per heavy atom. The summed E-state index contributed by atoms with van der Waals surface area (Å²) in [7, 11) is 0. The summed E-state index contributed by atoms with van der Waals surface area (Å²) in [6.07, 6.45) is 4.14. The van der Waals surface area contributed by atoms with Gasteiger partial charge in [-0.25, -0.2) is 0 Å². The van der Waals surface area contributed by atoms with Gasteiger partial charge in [0.15, 0.2) is 0 Å². The second kappa shape index (κ2) is 5.80. The van der Waals surface area contributed by atoms with Crippen LogP contribution in [0.3, 0.4) is 0 Å². The van der Waals surface area contributed by atoms with Crippen LogP contribution in [0.2, 0.25) is 0 Å². The highest BCUT2D eigenvalue weighted by atomic mass is 32.1. The number of nitrogens with zero attached hydrogens (tertiary/aromatic N) is 1. The first-order valence-corrected chi connectivity index (χ1v) is 7.13. The molecule has 1 aromatic rings. The predicted molar refractivity (Wildman–Crippen MR) is 70.5 cm³/mol. The Kier molecular flexibility index (Phi) is 4.38. The standard InChI is InChI=1S/C13H22N2S/c1-2-7-15(9-11-3-4-11)10-13-6-5-12(8-14)16-13/h5-6,11H,2-4,7-10,14H2,1H3. The minimum absolute atomic E-state index is 0.682. The molecule has 0 aromatic carbocycles. The molecule has 1 aliphatic carbocycles. The summed E-state index contributed by atoms with van der Waals surface area (Å²) in [6.45, 7) is 6.59. The van der Waals surface area contributed by atoms with Crippen LogP contribution in [-0.2, 0) is 13.1 Å². The van der Waals surface area contributed by atoms with Crippen molar-refractivity contribution in [1.82, 2.24) is 4.90 Å². The van der Waals surface area contributed by atoms with E-state index in [0.717, 1.165) is 12.5 Å². The zero-order valence-corrected chi connectivity index (χ0v) is 10.9. The van der Waals surface area contributed by atoms with E-state index in [4.69, 9.17) is 5.73 Å². The molecule has 0 spiro atoms. The molecule has 90 valence electrons. The van der Waals surface area contributed by atoms with Gasteiger partial charge in [-0.15, -0.1) is 11.3 Å². The number of thiophene rings is 1. The van der Waals surface area contributed by atoms with Gasteiger partial charge in [0, 0.05) is 29.4 Å². The quantitative estimate of drug-likeness (QED) is 0.791. The van der Waals surface area contributed by atoms with Gasteiger partial charge < -0.3 is 5.73 Å². The van der Waals surface area contributed by atoms with Crippen LogP contribution < -0.4 is 5.73 Å². The molecule has 1 heterocycles. The Labute approximate surface area is 102 Å². The highest BCUT2D eigenvalue weighted by Crippen LogP contribution is 2.30. The topological polar surface area (TPSA) is 29.3 Å². The van der Waals surface area contributed by atoms with Crippen LogP contribution in [0.25, 0.3) is 0 Å². The maximum atomic E-state index is 5.64. The Morgan fingerprint density at radius 1 is 1.38 bits per heavy atom. The molecule has 0 radical (unpaired) electrons. The van der Waals surface area contributed by atoms with E-state index in [2.05, 4.69) is 24.0 Å². The fourth-order valence-corrected chi connectivity index (χ4v) is 2.99. The van der Waals surface area contributed by atoms with Crippen molar-refractivity contribution in [2.45, 2.75) is 39.3 Å². The SMILES string of the molecule is CCCN(Cc1ccc(CN)s1)CC1CC1. The summed E-state index contributed by atoms with van der Waals surface area (Å²) >= 11 is 1.87.